The Labute approximate surface area is 175 Å². The van der Waals surface area contributed by atoms with E-state index in [1.165, 1.54) is 4.90 Å². The Kier molecular flexibility index (Phi) is 6.61. The minimum atomic E-state index is -0.650. The van der Waals surface area contributed by atoms with Crippen molar-refractivity contribution in [3.8, 4) is 17.2 Å². The molecular weight excluding hydrogens is 388 g/mol. The number of nitrogens with zero attached hydrogens (tertiary/aromatic N) is 2. The molecule has 1 unspecified atom stereocenters. The van der Waals surface area contributed by atoms with E-state index in [0.29, 0.717) is 36.6 Å². The third kappa shape index (κ3) is 4.56. The molecule has 30 heavy (non-hydrogen) atoms. The lowest BCUT2D eigenvalue weighted by Crippen LogP contribution is -2.50. The van der Waals surface area contributed by atoms with Crippen molar-refractivity contribution in [3.05, 3.63) is 35.9 Å². The summed E-state index contributed by atoms with van der Waals surface area (Å²) in [6.07, 6.45) is 0.435. The largest absolute Gasteiger partial charge is 0.493 e. The molecule has 0 aliphatic carbocycles. The van der Waals surface area contributed by atoms with Gasteiger partial charge in [-0.3, -0.25) is 14.5 Å². The number of benzene rings is 1. The lowest BCUT2D eigenvalue weighted by atomic mass is 10.1. The average Bonchev–Trinajstić information content (AvgIpc) is 2.75. The van der Waals surface area contributed by atoms with Gasteiger partial charge in [0.1, 0.15) is 12.4 Å². The Hall–Kier alpha value is -3.49. The van der Waals surface area contributed by atoms with Crippen molar-refractivity contribution in [1.82, 2.24) is 10.3 Å². The van der Waals surface area contributed by atoms with Crippen LogP contribution in [-0.2, 0) is 16.0 Å². The van der Waals surface area contributed by atoms with E-state index in [0.717, 1.165) is 5.56 Å². The van der Waals surface area contributed by atoms with E-state index in [-0.39, 0.29) is 30.0 Å². The van der Waals surface area contributed by atoms with Crippen molar-refractivity contribution in [1.29, 1.82) is 0 Å². The molecule has 2 amide bonds. The van der Waals surface area contributed by atoms with Crippen LogP contribution in [0.5, 0.6) is 17.2 Å². The molecule has 1 aliphatic rings. The Bertz CT molecular complexity index is 934. The predicted octanol–water partition coefficient (Wildman–Crippen LogP) is 1.54. The molecule has 0 fully saturated rings. The molecule has 3 rings (SSSR count). The molecule has 1 aromatic heterocycles. The summed E-state index contributed by atoms with van der Waals surface area (Å²) >= 11 is 0. The van der Waals surface area contributed by atoms with Crippen LogP contribution in [0.1, 0.15) is 18.9 Å². The molecule has 3 N–H and O–H groups in total. The maximum absolute atomic E-state index is 12.7. The van der Waals surface area contributed by atoms with Crippen LogP contribution in [0.2, 0.25) is 0 Å². The first kappa shape index (κ1) is 21.2. The zero-order chi connectivity index (χ0) is 21.7. The fourth-order valence-corrected chi connectivity index (χ4v) is 3.21. The van der Waals surface area contributed by atoms with Crippen molar-refractivity contribution >= 4 is 23.5 Å². The molecular formula is C21H26N4O5. The summed E-state index contributed by atoms with van der Waals surface area (Å²) in [6.45, 7) is 2.09. The molecule has 0 saturated heterocycles. The first-order valence-electron chi connectivity index (χ1n) is 9.69. The second-order valence-corrected chi connectivity index (χ2v) is 6.79. The highest BCUT2D eigenvalue weighted by Gasteiger charge is 2.35. The number of hydrogen-bond acceptors (Lipinski definition) is 7. The summed E-state index contributed by atoms with van der Waals surface area (Å²) in [7, 11) is 3.15. The van der Waals surface area contributed by atoms with E-state index in [1.807, 2.05) is 25.1 Å². The molecule has 2 aromatic rings. The van der Waals surface area contributed by atoms with E-state index in [9.17, 15) is 9.59 Å². The minimum Gasteiger partial charge on any atom is -0.493 e. The number of amides is 2. The van der Waals surface area contributed by atoms with Crippen molar-refractivity contribution in [2.75, 3.05) is 37.9 Å². The number of anilines is 2. The van der Waals surface area contributed by atoms with Gasteiger partial charge in [-0.05, 0) is 42.7 Å². The van der Waals surface area contributed by atoms with Gasteiger partial charge in [0.05, 0.1) is 14.2 Å². The lowest BCUT2D eigenvalue weighted by molar-refractivity contribution is -0.129. The number of aromatic nitrogens is 1. The molecule has 0 spiro atoms. The van der Waals surface area contributed by atoms with Crippen LogP contribution >= 0.6 is 0 Å². The number of fused-ring (bicyclic) bond motifs is 1. The molecule has 9 heteroatoms. The van der Waals surface area contributed by atoms with Crippen molar-refractivity contribution in [2.45, 2.75) is 25.9 Å². The number of nitrogen functional groups attached to an aromatic ring is 1. The molecule has 0 bridgehead atoms. The molecule has 160 valence electrons. The Balaban J connectivity index is 1.63. The summed E-state index contributed by atoms with van der Waals surface area (Å²) in [6, 6.07) is 8.86. The van der Waals surface area contributed by atoms with E-state index in [4.69, 9.17) is 19.9 Å². The molecule has 1 atom stereocenters. The number of pyridine rings is 1. The number of carbonyl (C=O) groups is 2. The number of carbonyl (C=O) groups excluding carboxylic acids is 2. The maximum Gasteiger partial charge on any atom is 0.269 e. The van der Waals surface area contributed by atoms with Gasteiger partial charge in [0.15, 0.2) is 29.2 Å². The second kappa shape index (κ2) is 9.34. The van der Waals surface area contributed by atoms with Crippen molar-refractivity contribution in [3.63, 3.8) is 0 Å². The third-order valence-corrected chi connectivity index (χ3v) is 4.78. The molecule has 9 nitrogen and oxygen atoms in total. The van der Waals surface area contributed by atoms with E-state index in [2.05, 4.69) is 10.3 Å². The number of methoxy groups -OCH3 is 2. The molecule has 1 aromatic carbocycles. The first-order chi connectivity index (χ1) is 14.5. The van der Waals surface area contributed by atoms with Gasteiger partial charge >= 0.3 is 0 Å². The number of ether oxygens (including phenoxy) is 3. The molecule has 0 saturated carbocycles. The Morgan fingerprint density at radius 1 is 1.23 bits per heavy atom. The standard InChI is InChI=1S/C21H26N4O5/c1-4-14-21(27)25(20-16(30-14)7-8-18(22)24-20)12-19(26)23-10-9-13-5-6-15(28-2)17(11-13)29-3/h5-8,11,14H,4,9-10,12H2,1-3H3,(H2,22,24)(H,23,26). The van der Waals surface area contributed by atoms with Gasteiger partial charge < -0.3 is 25.3 Å². The highest BCUT2D eigenvalue weighted by atomic mass is 16.5. The Morgan fingerprint density at radius 3 is 2.70 bits per heavy atom. The molecule has 0 radical (unpaired) electrons. The number of nitrogens with two attached hydrogens (primary N) is 1. The van der Waals surface area contributed by atoms with Crippen LogP contribution in [0.25, 0.3) is 0 Å². The second-order valence-electron chi connectivity index (χ2n) is 6.79. The summed E-state index contributed by atoms with van der Waals surface area (Å²) in [4.78, 5) is 30.7. The summed E-state index contributed by atoms with van der Waals surface area (Å²) < 4.78 is 16.2. The predicted molar refractivity (Wildman–Crippen MR) is 112 cm³/mol. The number of rotatable bonds is 8. The topological polar surface area (TPSA) is 116 Å². The van der Waals surface area contributed by atoms with Crippen LogP contribution in [-0.4, -0.2) is 50.2 Å². The van der Waals surface area contributed by atoms with Gasteiger partial charge in [-0.25, -0.2) is 4.98 Å². The summed E-state index contributed by atoms with van der Waals surface area (Å²) in [5.74, 6) is 1.62. The highest BCUT2D eigenvalue weighted by molar-refractivity contribution is 6.03. The quantitative estimate of drug-likeness (QED) is 0.673. The summed E-state index contributed by atoms with van der Waals surface area (Å²) in [5.41, 5.74) is 6.74. The number of hydrogen-bond donors (Lipinski definition) is 2. The van der Waals surface area contributed by atoms with E-state index < -0.39 is 6.10 Å². The van der Waals surface area contributed by atoms with Gasteiger partial charge in [-0.1, -0.05) is 13.0 Å². The van der Waals surface area contributed by atoms with Crippen molar-refractivity contribution in [2.24, 2.45) is 0 Å². The lowest BCUT2D eigenvalue weighted by Gasteiger charge is -2.32. The van der Waals surface area contributed by atoms with Crippen LogP contribution in [0.3, 0.4) is 0 Å². The van der Waals surface area contributed by atoms with Gasteiger partial charge in [0, 0.05) is 6.54 Å². The smallest absolute Gasteiger partial charge is 0.269 e. The van der Waals surface area contributed by atoms with Gasteiger partial charge in [-0.15, -0.1) is 0 Å². The van der Waals surface area contributed by atoms with Crippen molar-refractivity contribution < 1.29 is 23.8 Å². The van der Waals surface area contributed by atoms with Gasteiger partial charge in [0.25, 0.3) is 5.91 Å². The van der Waals surface area contributed by atoms with E-state index in [1.54, 1.807) is 26.4 Å². The fourth-order valence-electron chi connectivity index (χ4n) is 3.21. The normalized spacial score (nSPS) is 15.2. The molecule has 1 aliphatic heterocycles. The fraction of sp³-hybridized carbons (Fsp3) is 0.381. The number of nitrogens with one attached hydrogen (secondary N) is 1. The van der Waals surface area contributed by atoms with Crippen LogP contribution < -0.4 is 30.2 Å². The highest BCUT2D eigenvalue weighted by Crippen LogP contribution is 2.33. The zero-order valence-corrected chi connectivity index (χ0v) is 17.3. The monoisotopic (exact) mass is 414 g/mol. The van der Waals surface area contributed by atoms with Crippen LogP contribution in [0, 0.1) is 0 Å². The third-order valence-electron chi connectivity index (χ3n) is 4.78. The van der Waals surface area contributed by atoms with E-state index >= 15 is 0 Å². The van der Waals surface area contributed by atoms with Crippen LogP contribution in [0.4, 0.5) is 11.6 Å². The summed E-state index contributed by atoms with van der Waals surface area (Å²) in [5, 5.41) is 2.84. The minimum absolute atomic E-state index is 0.159. The SMILES string of the molecule is CCC1Oc2ccc(N)nc2N(CC(=O)NCCc2ccc(OC)c(OC)c2)C1=O. The maximum atomic E-state index is 12.7. The Morgan fingerprint density at radius 2 is 2.00 bits per heavy atom. The van der Waals surface area contributed by atoms with Gasteiger partial charge in [-0.2, -0.15) is 0 Å². The first-order valence-corrected chi connectivity index (χ1v) is 9.69. The van der Waals surface area contributed by atoms with Gasteiger partial charge in [0.2, 0.25) is 5.91 Å². The zero-order valence-electron chi connectivity index (χ0n) is 17.3. The van der Waals surface area contributed by atoms with Crippen LogP contribution in [0.15, 0.2) is 30.3 Å². The average molecular weight is 414 g/mol. The molecule has 2 heterocycles.